The van der Waals surface area contributed by atoms with Crippen LogP contribution in [0.1, 0.15) is 60.9 Å². The van der Waals surface area contributed by atoms with Gasteiger partial charge in [-0.25, -0.2) is 4.39 Å². The number of aryl methyl sites for hydroxylation is 1. The van der Waals surface area contributed by atoms with Crippen molar-refractivity contribution in [2.45, 2.75) is 74.9 Å². The second kappa shape index (κ2) is 12.2. The summed E-state index contributed by atoms with van der Waals surface area (Å²) in [6, 6.07) is 2.25. The van der Waals surface area contributed by atoms with Gasteiger partial charge in [-0.1, -0.05) is 0 Å². The number of fused-ring (bicyclic) bond motifs is 5. The third kappa shape index (κ3) is 5.83. The highest BCUT2D eigenvalue weighted by Gasteiger charge is 2.48. The van der Waals surface area contributed by atoms with Gasteiger partial charge in [0.05, 0.1) is 27.7 Å². The number of benzene rings is 2. The molecule has 2 N–H and O–H groups in total. The summed E-state index contributed by atoms with van der Waals surface area (Å²) in [4.78, 5) is 12.4. The Morgan fingerprint density at radius 2 is 1.79 bits per heavy atom. The summed E-state index contributed by atoms with van der Waals surface area (Å²) in [6.07, 6.45) is -7.85. The van der Waals surface area contributed by atoms with E-state index in [0.717, 1.165) is 57.8 Å². The van der Waals surface area contributed by atoms with E-state index < -0.39 is 85.6 Å². The minimum absolute atomic E-state index is 0.0637. The van der Waals surface area contributed by atoms with Crippen LogP contribution >= 0.6 is 0 Å². The van der Waals surface area contributed by atoms with Gasteiger partial charge in [0.15, 0.2) is 11.5 Å². The number of hydrogen-bond donors (Lipinski definition) is 2. The van der Waals surface area contributed by atoms with E-state index in [-0.39, 0.29) is 49.0 Å². The predicted octanol–water partition coefficient (Wildman–Crippen LogP) is 7.63. The molecule has 9 nitrogen and oxygen atoms in total. The summed E-state index contributed by atoms with van der Waals surface area (Å²) in [6.45, 7) is 2.64. The number of rotatable bonds is 6. The van der Waals surface area contributed by atoms with E-state index in [9.17, 15) is 27.2 Å². The number of anilines is 1. The fourth-order valence-corrected chi connectivity index (χ4v) is 9.09. The van der Waals surface area contributed by atoms with E-state index in [4.69, 9.17) is 4.74 Å². The summed E-state index contributed by atoms with van der Waals surface area (Å²) < 4.78 is 141. The molecule has 8 rings (SSSR count). The molecule has 2 aromatic heterocycles. The van der Waals surface area contributed by atoms with Crippen LogP contribution in [0.15, 0.2) is 24.3 Å². The maximum absolute atomic E-state index is 17.3. The summed E-state index contributed by atoms with van der Waals surface area (Å²) in [5.41, 5.74) is -9.90. The second-order valence-corrected chi connectivity index (χ2v) is 14.4. The number of aromatic nitrogens is 4. The molecule has 280 valence electrons. The van der Waals surface area contributed by atoms with Crippen LogP contribution in [0.3, 0.4) is 0 Å². The van der Waals surface area contributed by atoms with Crippen molar-refractivity contribution in [1.82, 2.24) is 30.4 Å². The molecule has 2 bridgehead atoms. The first kappa shape index (κ1) is 35.4. The first-order valence-electron chi connectivity index (χ1n) is 17.1. The third-order valence-corrected chi connectivity index (χ3v) is 11.2. The molecule has 2 atom stereocenters. The van der Waals surface area contributed by atoms with Gasteiger partial charge in [0.2, 0.25) is 0 Å². The van der Waals surface area contributed by atoms with Crippen molar-refractivity contribution >= 4 is 27.6 Å². The molecule has 4 saturated heterocycles. The van der Waals surface area contributed by atoms with Gasteiger partial charge in [-0.05, 0) is 76.2 Å². The molecule has 53 heavy (non-hydrogen) atoms. The van der Waals surface area contributed by atoms with Gasteiger partial charge in [-0.15, -0.1) is 0 Å². The highest BCUT2D eigenvalue weighted by molar-refractivity contribution is 6.04. The van der Waals surface area contributed by atoms with Gasteiger partial charge in [-0.2, -0.15) is 55.5 Å². The Hall–Kier alpha value is -4.63. The molecule has 4 aromatic rings. The quantitative estimate of drug-likeness (QED) is 0.194. The van der Waals surface area contributed by atoms with E-state index in [1.54, 1.807) is 6.07 Å². The van der Waals surface area contributed by atoms with Crippen molar-refractivity contribution in [2.75, 3.05) is 37.7 Å². The van der Waals surface area contributed by atoms with Crippen molar-refractivity contribution in [3.05, 3.63) is 52.5 Å². The number of nitriles is 1. The van der Waals surface area contributed by atoms with Gasteiger partial charge in [-0.3, -0.25) is 10.00 Å². The maximum Gasteiger partial charge on any atom is 0.417 e. The SMILES string of the molecule is Cc1cc2[nH]nc(C#N)c2c(-c2c(C(F)(F)F)cc3c(N4C[C@H]5CC[C@@](C=C(F)F)(C4)N5)nc(OCC45CCCN4CCC5)nc3c2F)c1C(F)(F)F. The average Bonchev–Trinajstić information content (AvgIpc) is 3.83. The number of hydrogen-bond acceptors (Lipinski definition) is 8. The lowest BCUT2D eigenvalue weighted by Crippen LogP contribution is -2.59. The molecule has 4 aliphatic rings. The fraction of sp³-hybridized carbons (Fsp3) is 0.486. The Labute approximate surface area is 295 Å². The summed E-state index contributed by atoms with van der Waals surface area (Å²) in [7, 11) is 0. The monoisotopic (exact) mass is 750 g/mol. The van der Waals surface area contributed by atoms with Gasteiger partial charge in [0.1, 0.15) is 24.0 Å². The molecule has 2 aromatic carbocycles. The molecule has 0 radical (unpaired) electrons. The largest absolute Gasteiger partial charge is 0.461 e. The molecule has 0 spiro atoms. The highest BCUT2D eigenvalue weighted by Crippen LogP contribution is 2.51. The number of H-pyrrole nitrogens is 1. The lowest BCUT2D eigenvalue weighted by molar-refractivity contribution is -0.139. The van der Waals surface area contributed by atoms with Crippen LogP contribution in [-0.4, -0.2) is 75.0 Å². The van der Waals surface area contributed by atoms with E-state index in [0.29, 0.717) is 12.5 Å². The molecule has 4 aliphatic heterocycles. The van der Waals surface area contributed by atoms with E-state index in [1.165, 1.54) is 4.90 Å². The van der Waals surface area contributed by atoms with Crippen LogP contribution in [-0.2, 0) is 12.4 Å². The highest BCUT2D eigenvalue weighted by atomic mass is 19.4. The minimum atomic E-state index is -5.44. The number of nitrogens with zero attached hydrogens (tertiary/aromatic N) is 6. The number of nitrogens with one attached hydrogen (secondary N) is 2. The van der Waals surface area contributed by atoms with E-state index in [1.807, 2.05) is 0 Å². The van der Waals surface area contributed by atoms with Crippen molar-refractivity contribution in [1.29, 1.82) is 5.26 Å². The Bertz CT molecular complexity index is 2210. The van der Waals surface area contributed by atoms with Crippen LogP contribution in [0, 0.1) is 24.1 Å². The van der Waals surface area contributed by atoms with Crippen LogP contribution in [0.5, 0.6) is 6.01 Å². The normalized spacial score (nSPS) is 22.8. The zero-order valence-electron chi connectivity index (χ0n) is 28.1. The van der Waals surface area contributed by atoms with Gasteiger partial charge in [0.25, 0.3) is 6.08 Å². The molecular weight excluding hydrogens is 719 g/mol. The van der Waals surface area contributed by atoms with Crippen molar-refractivity contribution in [2.24, 2.45) is 0 Å². The van der Waals surface area contributed by atoms with E-state index in [2.05, 4.69) is 30.4 Å². The number of piperazine rings is 1. The predicted molar refractivity (Wildman–Crippen MR) is 174 cm³/mol. The lowest BCUT2D eigenvalue weighted by Gasteiger charge is -2.40. The zero-order valence-corrected chi connectivity index (χ0v) is 28.1. The zero-order chi connectivity index (χ0) is 37.7. The first-order chi connectivity index (χ1) is 25.0. The molecule has 0 aliphatic carbocycles. The van der Waals surface area contributed by atoms with Gasteiger partial charge in [0, 0.05) is 47.1 Å². The molecule has 0 amide bonds. The Kier molecular flexibility index (Phi) is 8.15. The molecule has 0 saturated carbocycles. The Morgan fingerprint density at radius 1 is 1.06 bits per heavy atom. The summed E-state index contributed by atoms with van der Waals surface area (Å²) in [5.74, 6) is -2.00. The summed E-state index contributed by atoms with van der Waals surface area (Å²) in [5, 5.41) is 17.8. The van der Waals surface area contributed by atoms with Crippen LogP contribution < -0.4 is 15.0 Å². The van der Waals surface area contributed by atoms with Crippen LogP contribution in [0.4, 0.5) is 45.3 Å². The fourth-order valence-electron chi connectivity index (χ4n) is 9.09. The molecule has 6 heterocycles. The van der Waals surface area contributed by atoms with Crippen LogP contribution in [0.2, 0.25) is 0 Å². The van der Waals surface area contributed by atoms with Gasteiger partial charge >= 0.3 is 18.4 Å². The van der Waals surface area contributed by atoms with Crippen molar-refractivity contribution < 1.29 is 44.3 Å². The molecule has 4 fully saturated rings. The molecule has 18 heteroatoms. The van der Waals surface area contributed by atoms with Crippen molar-refractivity contribution in [3.8, 4) is 23.2 Å². The Balaban J connectivity index is 1.41. The maximum atomic E-state index is 17.3. The Morgan fingerprint density at radius 3 is 2.45 bits per heavy atom. The number of ether oxygens (including phenoxy) is 1. The minimum Gasteiger partial charge on any atom is -0.461 e. The lowest BCUT2D eigenvalue weighted by atomic mass is 9.87. The van der Waals surface area contributed by atoms with Gasteiger partial charge < -0.3 is 15.0 Å². The third-order valence-electron chi connectivity index (χ3n) is 11.2. The van der Waals surface area contributed by atoms with E-state index >= 15 is 17.6 Å². The number of aromatic amines is 1. The topological polar surface area (TPSA) is 106 Å². The number of alkyl halides is 6. The van der Waals surface area contributed by atoms with Crippen LogP contribution in [0.25, 0.3) is 32.9 Å². The second-order valence-electron chi connectivity index (χ2n) is 14.4. The average molecular weight is 751 g/mol. The summed E-state index contributed by atoms with van der Waals surface area (Å²) >= 11 is 0. The molecular formula is C35H31F9N8O. The standard InChI is InChI=1S/C35H31F9N8O/c1-17-10-21-25(22(13-45)50-49-21)26(27(17)35(42,43)44)24-20(34(39,40)41)11-19-29(28(24)38)46-31(53-16-33-5-2-8-52(33)9-3-6-33)47-30(19)51-14-18-4-7-32(15-51,48-18)12-23(36)37/h10-12,18,48H,2-9,14-16H2,1H3,(H,49,50)/t18-,32-/m1/s1. The number of halogens is 9. The first-order valence-corrected chi connectivity index (χ1v) is 17.1. The smallest absolute Gasteiger partial charge is 0.417 e. The van der Waals surface area contributed by atoms with Crippen molar-refractivity contribution in [3.63, 3.8) is 0 Å². The molecule has 0 unspecified atom stereocenters.